The van der Waals surface area contributed by atoms with E-state index in [1.165, 1.54) is 44.3 Å². The van der Waals surface area contributed by atoms with Crippen LogP contribution in [0.3, 0.4) is 0 Å². The third kappa shape index (κ3) is 3.51. The van der Waals surface area contributed by atoms with Crippen LogP contribution in [0.25, 0.3) is 0 Å². The molecule has 1 aliphatic carbocycles. The molecule has 5 nitrogen and oxygen atoms in total. The summed E-state index contributed by atoms with van der Waals surface area (Å²) in [6, 6.07) is 13.3. The van der Waals surface area contributed by atoms with Crippen LogP contribution in [0.1, 0.15) is 42.5 Å². The molecular weight excluding hydrogens is 348 g/mol. The molecule has 1 saturated carbocycles. The fraction of sp³-hybridized carbons (Fsp3) is 0.478. The summed E-state index contributed by atoms with van der Waals surface area (Å²) in [4.78, 5) is 21.6. The van der Waals surface area contributed by atoms with Crippen molar-refractivity contribution in [2.75, 3.05) is 29.9 Å². The van der Waals surface area contributed by atoms with E-state index in [-0.39, 0.29) is 5.91 Å². The van der Waals surface area contributed by atoms with Crippen molar-refractivity contribution in [2.24, 2.45) is 5.92 Å². The normalized spacial score (nSPS) is 25.2. The van der Waals surface area contributed by atoms with Gasteiger partial charge in [0, 0.05) is 61.0 Å². The Kier molecular flexibility index (Phi) is 4.77. The van der Waals surface area contributed by atoms with Gasteiger partial charge in [-0.15, -0.1) is 0 Å². The number of pyridine rings is 1. The predicted octanol–water partition coefficient (Wildman–Crippen LogP) is 3.79. The standard InChI is InChI=1S/C23H28N4O/c28-23(18-6-10-24-11-7-18)25-19-2-1-3-21(15-19)26-12-8-20(9-13-26)27-16-17-4-5-22(27)14-17/h1-3,6-7,10-11,15,17,20,22H,4-5,8-9,12-14,16H2,(H,25,28). The van der Waals surface area contributed by atoms with Crippen LogP contribution < -0.4 is 10.2 Å². The van der Waals surface area contributed by atoms with Crippen LogP contribution in [0, 0.1) is 5.92 Å². The van der Waals surface area contributed by atoms with E-state index in [1.54, 1.807) is 24.5 Å². The Labute approximate surface area is 166 Å². The lowest BCUT2D eigenvalue weighted by atomic mass is 9.99. The third-order valence-corrected chi connectivity index (χ3v) is 6.80. The monoisotopic (exact) mass is 376 g/mol. The lowest BCUT2D eigenvalue weighted by molar-refractivity contribution is 0.102. The molecule has 3 heterocycles. The first-order chi connectivity index (χ1) is 13.8. The Balaban J connectivity index is 1.20. The van der Waals surface area contributed by atoms with E-state index in [0.29, 0.717) is 5.56 Å². The number of rotatable bonds is 4. The predicted molar refractivity (Wildman–Crippen MR) is 112 cm³/mol. The number of aromatic nitrogens is 1. The number of likely N-dealkylation sites (tertiary alicyclic amines) is 1. The molecule has 5 rings (SSSR count). The molecule has 28 heavy (non-hydrogen) atoms. The van der Waals surface area contributed by atoms with Gasteiger partial charge in [0.05, 0.1) is 0 Å². The highest BCUT2D eigenvalue weighted by molar-refractivity contribution is 6.04. The van der Waals surface area contributed by atoms with E-state index in [2.05, 4.69) is 32.2 Å². The highest BCUT2D eigenvalue weighted by Crippen LogP contribution is 2.40. The van der Waals surface area contributed by atoms with Gasteiger partial charge in [-0.2, -0.15) is 0 Å². The maximum Gasteiger partial charge on any atom is 0.255 e. The molecule has 0 radical (unpaired) electrons. The Bertz CT molecular complexity index is 832. The van der Waals surface area contributed by atoms with Crippen LogP contribution in [-0.2, 0) is 0 Å². The van der Waals surface area contributed by atoms with Crippen molar-refractivity contribution in [3.63, 3.8) is 0 Å². The van der Waals surface area contributed by atoms with Crippen molar-refractivity contribution in [2.45, 2.75) is 44.2 Å². The second-order valence-electron chi connectivity index (χ2n) is 8.49. The van der Waals surface area contributed by atoms with Crippen LogP contribution in [0.5, 0.6) is 0 Å². The van der Waals surface area contributed by atoms with Gasteiger partial charge in [0.15, 0.2) is 0 Å². The molecule has 2 bridgehead atoms. The van der Waals surface area contributed by atoms with E-state index >= 15 is 0 Å². The van der Waals surface area contributed by atoms with Gasteiger partial charge >= 0.3 is 0 Å². The van der Waals surface area contributed by atoms with Gasteiger partial charge in [0.1, 0.15) is 0 Å². The molecule has 2 aliphatic heterocycles. The summed E-state index contributed by atoms with van der Waals surface area (Å²) >= 11 is 0. The number of hydrogen-bond acceptors (Lipinski definition) is 4. The molecule has 3 fully saturated rings. The molecule has 1 aromatic heterocycles. The molecule has 1 aromatic carbocycles. The number of nitrogens with zero attached hydrogens (tertiary/aromatic N) is 3. The molecule has 2 unspecified atom stereocenters. The summed E-state index contributed by atoms with van der Waals surface area (Å²) in [5, 5.41) is 3.01. The number of nitrogens with one attached hydrogen (secondary N) is 1. The van der Waals surface area contributed by atoms with Crippen molar-refractivity contribution in [1.29, 1.82) is 0 Å². The lowest BCUT2D eigenvalue weighted by Crippen LogP contribution is -2.47. The first-order valence-corrected chi connectivity index (χ1v) is 10.6. The number of anilines is 2. The highest BCUT2D eigenvalue weighted by atomic mass is 16.1. The fourth-order valence-corrected chi connectivity index (χ4v) is 5.35. The fourth-order valence-electron chi connectivity index (χ4n) is 5.35. The minimum atomic E-state index is -0.0951. The Morgan fingerprint density at radius 3 is 2.54 bits per heavy atom. The Morgan fingerprint density at radius 1 is 1.00 bits per heavy atom. The third-order valence-electron chi connectivity index (χ3n) is 6.80. The zero-order valence-electron chi connectivity index (χ0n) is 16.3. The van der Waals surface area contributed by atoms with Crippen molar-refractivity contribution in [3.05, 3.63) is 54.4 Å². The van der Waals surface area contributed by atoms with Gasteiger partial charge in [-0.3, -0.25) is 14.7 Å². The zero-order chi connectivity index (χ0) is 18.9. The van der Waals surface area contributed by atoms with Crippen LogP contribution in [0.15, 0.2) is 48.8 Å². The van der Waals surface area contributed by atoms with E-state index in [9.17, 15) is 4.79 Å². The molecule has 1 amide bonds. The molecule has 2 saturated heterocycles. The van der Waals surface area contributed by atoms with Crippen LogP contribution in [-0.4, -0.2) is 47.5 Å². The molecular formula is C23H28N4O. The number of hydrogen-bond donors (Lipinski definition) is 1. The number of carbonyl (C=O) groups excluding carboxylic acids is 1. The van der Waals surface area contributed by atoms with Gasteiger partial charge in [0.2, 0.25) is 0 Å². The first-order valence-electron chi connectivity index (χ1n) is 10.6. The van der Waals surface area contributed by atoms with Crippen molar-refractivity contribution < 1.29 is 4.79 Å². The maximum atomic E-state index is 12.4. The number of fused-ring (bicyclic) bond motifs is 2. The van der Waals surface area contributed by atoms with E-state index in [0.717, 1.165) is 36.8 Å². The smallest absolute Gasteiger partial charge is 0.255 e. The summed E-state index contributed by atoms with van der Waals surface area (Å²) in [5.41, 5.74) is 2.67. The molecule has 2 atom stereocenters. The van der Waals surface area contributed by atoms with E-state index < -0.39 is 0 Å². The van der Waals surface area contributed by atoms with Crippen molar-refractivity contribution in [3.8, 4) is 0 Å². The average molecular weight is 377 g/mol. The van der Waals surface area contributed by atoms with E-state index in [4.69, 9.17) is 0 Å². The topological polar surface area (TPSA) is 48.5 Å². The van der Waals surface area contributed by atoms with Gasteiger partial charge in [-0.25, -0.2) is 0 Å². The van der Waals surface area contributed by atoms with Crippen molar-refractivity contribution >= 4 is 17.3 Å². The minimum absolute atomic E-state index is 0.0951. The van der Waals surface area contributed by atoms with Crippen LogP contribution in [0.4, 0.5) is 11.4 Å². The molecule has 1 N–H and O–H groups in total. The second-order valence-corrected chi connectivity index (χ2v) is 8.49. The maximum absolute atomic E-state index is 12.4. The first kappa shape index (κ1) is 17.7. The zero-order valence-corrected chi connectivity index (χ0v) is 16.3. The number of amides is 1. The van der Waals surface area contributed by atoms with Gasteiger partial charge in [0.25, 0.3) is 5.91 Å². The van der Waals surface area contributed by atoms with Gasteiger partial charge in [-0.05, 0) is 68.4 Å². The molecule has 146 valence electrons. The SMILES string of the molecule is O=C(Nc1cccc(N2CCC(N3CC4CCC3C4)CC2)c1)c1ccncc1. The van der Waals surface area contributed by atoms with Crippen LogP contribution in [0.2, 0.25) is 0 Å². The largest absolute Gasteiger partial charge is 0.371 e. The van der Waals surface area contributed by atoms with Gasteiger partial charge < -0.3 is 10.2 Å². The Hall–Kier alpha value is -2.40. The molecule has 3 aliphatic rings. The average Bonchev–Trinajstić information content (AvgIpc) is 3.38. The molecule has 2 aromatic rings. The van der Waals surface area contributed by atoms with Crippen LogP contribution >= 0.6 is 0 Å². The number of benzene rings is 1. The number of carbonyl (C=O) groups is 1. The van der Waals surface area contributed by atoms with Crippen molar-refractivity contribution in [1.82, 2.24) is 9.88 Å². The number of piperidine rings is 2. The second kappa shape index (κ2) is 7.55. The summed E-state index contributed by atoms with van der Waals surface area (Å²) in [6.07, 6.45) is 10.1. The van der Waals surface area contributed by atoms with E-state index in [1.807, 2.05) is 12.1 Å². The molecule has 0 spiro atoms. The quantitative estimate of drug-likeness (QED) is 0.882. The van der Waals surface area contributed by atoms with Gasteiger partial charge in [-0.1, -0.05) is 6.07 Å². The summed E-state index contributed by atoms with van der Waals surface area (Å²) in [6.45, 7) is 3.53. The molecule has 5 heteroatoms. The summed E-state index contributed by atoms with van der Waals surface area (Å²) in [7, 11) is 0. The highest BCUT2D eigenvalue weighted by Gasteiger charge is 2.41. The summed E-state index contributed by atoms with van der Waals surface area (Å²) < 4.78 is 0. The minimum Gasteiger partial charge on any atom is -0.371 e. The Morgan fingerprint density at radius 2 is 1.82 bits per heavy atom. The lowest BCUT2D eigenvalue weighted by Gasteiger charge is -2.41. The summed E-state index contributed by atoms with van der Waals surface area (Å²) in [5.74, 6) is 0.881.